The Hall–Kier alpha value is -2.39. The zero-order chi connectivity index (χ0) is 16.8. The van der Waals surface area contributed by atoms with E-state index in [0.717, 1.165) is 35.4 Å². The van der Waals surface area contributed by atoms with E-state index in [-0.39, 0.29) is 5.78 Å². The number of carbonyl (C=O) groups excluding carboxylic acids is 1. The minimum Gasteiger partial charge on any atom is -0.497 e. The maximum atomic E-state index is 12.3. The summed E-state index contributed by atoms with van der Waals surface area (Å²) in [6, 6.07) is 16.1. The molecule has 2 aromatic carbocycles. The maximum Gasteiger partial charge on any atom is 0.164 e. The van der Waals surface area contributed by atoms with Crippen LogP contribution in [0.4, 0.5) is 0 Å². The number of hydrogen-bond donors (Lipinski definition) is 1. The molecule has 1 saturated heterocycles. The molecule has 24 heavy (non-hydrogen) atoms. The van der Waals surface area contributed by atoms with Crippen molar-refractivity contribution in [2.75, 3.05) is 13.7 Å². The highest BCUT2D eigenvalue weighted by molar-refractivity contribution is 5.96. The molecule has 0 bridgehead atoms. The molecule has 2 aromatic rings. The summed E-state index contributed by atoms with van der Waals surface area (Å²) >= 11 is 0. The van der Waals surface area contributed by atoms with Gasteiger partial charge in [-0.1, -0.05) is 48.6 Å². The predicted molar refractivity (Wildman–Crippen MR) is 98.3 cm³/mol. The summed E-state index contributed by atoms with van der Waals surface area (Å²) in [6.07, 6.45) is 6.96. The van der Waals surface area contributed by atoms with Crippen LogP contribution >= 0.6 is 0 Å². The van der Waals surface area contributed by atoms with Gasteiger partial charge >= 0.3 is 0 Å². The number of carbonyl (C=O) groups is 1. The number of hydrogen-bond acceptors (Lipinski definition) is 3. The minimum absolute atomic E-state index is 0.220. The third-order valence-electron chi connectivity index (χ3n) is 4.39. The Kier molecular flexibility index (Phi) is 5.44. The average Bonchev–Trinajstić information content (AvgIpc) is 3.13. The van der Waals surface area contributed by atoms with Crippen molar-refractivity contribution in [2.24, 2.45) is 0 Å². The van der Waals surface area contributed by atoms with Crippen molar-refractivity contribution in [3.05, 3.63) is 65.2 Å². The molecule has 1 atom stereocenters. The summed E-state index contributed by atoms with van der Waals surface area (Å²) in [5, 5.41) is 3.37. The number of Topliss-reactive ketones (excluding diaryl/α,β-unsaturated/α-hetero) is 1. The van der Waals surface area contributed by atoms with E-state index < -0.39 is 0 Å². The van der Waals surface area contributed by atoms with Gasteiger partial charge in [0, 0.05) is 18.0 Å². The third-order valence-corrected chi connectivity index (χ3v) is 4.39. The Morgan fingerprint density at radius 1 is 1.17 bits per heavy atom. The molecular formula is C21H23NO2. The zero-order valence-corrected chi connectivity index (χ0v) is 14.0. The van der Waals surface area contributed by atoms with Gasteiger partial charge in [-0.3, -0.25) is 4.79 Å². The lowest BCUT2D eigenvalue weighted by Gasteiger charge is -2.08. The van der Waals surface area contributed by atoms with E-state index in [1.165, 1.54) is 6.42 Å². The number of benzene rings is 2. The largest absolute Gasteiger partial charge is 0.497 e. The topological polar surface area (TPSA) is 38.3 Å². The van der Waals surface area contributed by atoms with E-state index >= 15 is 0 Å². The van der Waals surface area contributed by atoms with Crippen LogP contribution in [-0.2, 0) is 0 Å². The van der Waals surface area contributed by atoms with Crippen LogP contribution in [0.1, 0.15) is 40.7 Å². The van der Waals surface area contributed by atoms with Crippen LogP contribution < -0.4 is 10.1 Å². The molecule has 0 amide bonds. The van der Waals surface area contributed by atoms with Gasteiger partial charge in [-0.05, 0) is 42.6 Å². The lowest BCUT2D eigenvalue weighted by molar-refractivity contribution is 0.0971. The first kappa shape index (κ1) is 16.5. The molecule has 0 spiro atoms. The quantitative estimate of drug-likeness (QED) is 0.640. The van der Waals surface area contributed by atoms with Crippen LogP contribution in [-0.4, -0.2) is 25.5 Å². The Morgan fingerprint density at radius 2 is 1.96 bits per heavy atom. The second-order valence-electron chi connectivity index (χ2n) is 6.15. The van der Waals surface area contributed by atoms with Crippen LogP contribution in [0.3, 0.4) is 0 Å². The highest BCUT2D eigenvalue weighted by atomic mass is 16.5. The molecule has 0 aliphatic carbocycles. The Morgan fingerprint density at radius 3 is 2.67 bits per heavy atom. The fraction of sp³-hybridized carbons (Fsp3) is 0.286. The van der Waals surface area contributed by atoms with E-state index in [1.54, 1.807) is 7.11 Å². The monoisotopic (exact) mass is 321 g/mol. The van der Waals surface area contributed by atoms with Gasteiger partial charge in [-0.25, -0.2) is 0 Å². The van der Waals surface area contributed by atoms with Crippen molar-refractivity contribution < 1.29 is 9.53 Å². The van der Waals surface area contributed by atoms with Crippen LogP contribution in [0.5, 0.6) is 5.75 Å². The van der Waals surface area contributed by atoms with Crippen LogP contribution in [0, 0.1) is 0 Å². The molecule has 3 nitrogen and oxygen atoms in total. The molecular weight excluding hydrogens is 298 g/mol. The summed E-state index contributed by atoms with van der Waals surface area (Å²) in [7, 11) is 1.67. The smallest absolute Gasteiger partial charge is 0.164 e. The molecule has 3 heteroatoms. The van der Waals surface area contributed by atoms with Crippen LogP contribution in [0.25, 0.3) is 12.2 Å². The second kappa shape index (κ2) is 7.93. The van der Waals surface area contributed by atoms with Gasteiger partial charge in [0.15, 0.2) is 5.78 Å². The molecule has 1 unspecified atom stereocenters. The first-order valence-corrected chi connectivity index (χ1v) is 8.43. The predicted octanol–water partition coefficient (Wildman–Crippen LogP) is 4.19. The normalized spacial score (nSPS) is 17.3. The van der Waals surface area contributed by atoms with E-state index in [4.69, 9.17) is 4.74 Å². The summed E-state index contributed by atoms with van der Waals surface area (Å²) in [6.45, 7) is 1.03. The number of methoxy groups -OCH3 is 1. The van der Waals surface area contributed by atoms with Crippen LogP contribution in [0.15, 0.2) is 48.5 Å². The lowest BCUT2D eigenvalue weighted by atomic mass is 10.0. The maximum absolute atomic E-state index is 12.3. The molecule has 0 aromatic heterocycles. The van der Waals surface area contributed by atoms with E-state index in [0.29, 0.717) is 12.5 Å². The summed E-state index contributed by atoms with van der Waals surface area (Å²) in [4.78, 5) is 12.3. The Balaban J connectivity index is 1.63. The molecule has 0 saturated carbocycles. The van der Waals surface area contributed by atoms with Gasteiger partial charge in [-0.2, -0.15) is 0 Å². The SMILES string of the molecule is COc1cccc(C=Cc2ccc(C(=O)CC3CCCN3)cc2)c1. The minimum atomic E-state index is 0.220. The highest BCUT2D eigenvalue weighted by Gasteiger charge is 2.18. The van der Waals surface area contributed by atoms with Crippen molar-refractivity contribution in [3.8, 4) is 5.75 Å². The number of ketones is 1. The second-order valence-corrected chi connectivity index (χ2v) is 6.15. The first-order valence-electron chi connectivity index (χ1n) is 8.43. The Bertz CT molecular complexity index is 713. The van der Waals surface area contributed by atoms with Gasteiger partial charge in [0.2, 0.25) is 0 Å². The highest BCUT2D eigenvalue weighted by Crippen LogP contribution is 2.17. The molecule has 1 N–H and O–H groups in total. The van der Waals surface area contributed by atoms with E-state index in [1.807, 2.05) is 60.7 Å². The molecule has 1 aliphatic heterocycles. The summed E-state index contributed by atoms with van der Waals surface area (Å²) in [5.41, 5.74) is 2.96. The van der Waals surface area contributed by atoms with Crippen molar-refractivity contribution in [1.29, 1.82) is 0 Å². The van der Waals surface area contributed by atoms with Crippen molar-refractivity contribution in [3.63, 3.8) is 0 Å². The summed E-state index contributed by atoms with van der Waals surface area (Å²) < 4.78 is 5.23. The molecule has 0 radical (unpaired) electrons. The van der Waals surface area contributed by atoms with Gasteiger partial charge in [0.25, 0.3) is 0 Å². The van der Waals surface area contributed by atoms with Crippen molar-refractivity contribution in [2.45, 2.75) is 25.3 Å². The standard InChI is InChI=1S/C21H23NO2/c1-24-20-6-2-4-17(14-20)8-7-16-9-11-18(12-10-16)21(23)15-19-5-3-13-22-19/h2,4,6-12,14,19,22H,3,5,13,15H2,1H3. The van der Waals surface area contributed by atoms with Crippen LogP contribution in [0.2, 0.25) is 0 Å². The molecule has 1 aliphatic rings. The van der Waals surface area contributed by atoms with Crippen molar-refractivity contribution >= 4 is 17.9 Å². The zero-order valence-electron chi connectivity index (χ0n) is 14.0. The lowest BCUT2D eigenvalue weighted by Crippen LogP contribution is -2.24. The summed E-state index contributed by atoms with van der Waals surface area (Å²) in [5.74, 6) is 1.07. The molecule has 3 rings (SSSR count). The van der Waals surface area contributed by atoms with Gasteiger partial charge < -0.3 is 10.1 Å². The van der Waals surface area contributed by atoms with Gasteiger partial charge in [-0.15, -0.1) is 0 Å². The third kappa shape index (κ3) is 4.33. The fourth-order valence-electron chi connectivity index (χ4n) is 2.99. The van der Waals surface area contributed by atoms with E-state index in [9.17, 15) is 4.79 Å². The average molecular weight is 321 g/mol. The Labute approximate surface area is 143 Å². The van der Waals surface area contributed by atoms with Gasteiger partial charge in [0.05, 0.1) is 7.11 Å². The molecule has 124 valence electrons. The first-order chi connectivity index (χ1) is 11.7. The number of rotatable bonds is 6. The molecule has 1 fully saturated rings. The van der Waals surface area contributed by atoms with E-state index in [2.05, 4.69) is 5.32 Å². The number of ether oxygens (including phenoxy) is 1. The number of nitrogens with one attached hydrogen (secondary N) is 1. The van der Waals surface area contributed by atoms with Gasteiger partial charge in [0.1, 0.15) is 5.75 Å². The van der Waals surface area contributed by atoms with Crippen molar-refractivity contribution in [1.82, 2.24) is 5.32 Å². The molecule has 1 heterocycles. The fourth-order valence-corrected chi connectivity index (χ4v) is 2.99.